The number of amides is 1. The number of likely N-dealkylation sites (tertiary alicyclic amines) is 1. The van der Waals surface area contributed by atoms with Crippen molar-refractivity contribution in [2.24, 2.45) is 0 Å². The zero-order chi connectivity index (χ0) is 14.0. The van der Waals surface area contributed by atoms with Gasteiger partial charge in [-0.15, -0.1) is 0 Å². The molecule has 0 radical (unpaired) electrons. The molecule has 1 heterocycles. The van der Waals surface area contributed by atoms with Gasteiger partial charge in [0.25, 0.3) is 5.92 Å². The van der Waals surface area contributed by atoms with E-state index in [1.165, 1.54) is 11.0 Å². The molecule has 1 aromatic carbocycles. The summed E-state index contributed by atoms with van der Waals surface area (Å²) in [6.45, 7) is -0.258. The Hall–Kier alpha value is -0.910. The van der Waals surface area contributed by atoms with Crippen LogP contribution in [0.2, 0.25) is 10.0 Å². The molecule has 3 nitrogen and oxygen atoms in total. The van der Waals surface area contributed by atoms with Crippen molar-refractivity contribution in [2.75, 3.05) is 25.0 Å². The van der Waals surface area contributed by atoms with Crippen molar-refractivity contribution in [2.45, 2.75) is 12.3 Å². The predicted octanol–water partition coefficient (Wildman–Crippen LogP) is 3.27. The van der Waals surface area contributed by atoms with Crippen molar-refractivity contribution in [3.8, 4) is 0 Å². The summed E-state index contributed by atoms with van der Waals surface area (Å²) in [6.07, 6.45) is -0.210. The number of carbonyl (C=O) groups is 1. The lowest BCUT2D eigenvalue weighted by molar-refractivity contribution is -0.117. The maximum absolute atomic E-state index is 13.0. The summed E-state index contributed by atoms with van der Waals surface area (Å²) in [5.41, 5.74) is 0.380. The molecule has 1 aliphatic rings. The SMILES string of the molecule is O=C(CN1CCC(F)(F)C1)Nc1cc(Cl)ccc1Cl. The summed E-state index contributed by atoms with van der Waals surface area (Å²) >= 11 is 11.7. The second-order valence-corrected chi connectivity index (χ2v) is 5.33. The number of carbonyl (C=O) groups excluding carboxylic acids is 1. The number of nitrogens with one attached hydrogen (secondary N) is 1. The van der Waals surface area contributed by atoms with Crippen LogP contribution >= 0.6 is 23.2 Å². The number of anilines is 1. The highest BCUT2D eigenvalue weighted by atomic mass is 35.5. The molecule has 0 aromatic heterocycles. The van der Waals surface area contributed by atoms with E-state index in [-0.39, 0.29) is 32.0 Å². The minimum atomic E-state index is -2.70. The lowest BCUT2D eigenvalue weighted by Gasteiger charge is -2.15. The van der Waals surface area contributed by atoms with Crippen LogP contribution in [0.3, 0.4) is 0 Å². The molecule has 2 rings (SSSR count). The monoisotopic (exact) mass is 308 g/mol. The summed E-state index contributed by atoms with van der Waals surface area (Å²) in [6, 6.07) is 4.67. The Kier molecular flexibility index (Phi) is 4.28. The zero-order valence-corrected chi connectivity index (χ0v) is 11.4. The lowest BCUT2D eigenvalue weighted by atomic mass is 10.3. The number of alkyl halides is 2. The van der Waals surface area contributed by atoms with Crippen molar-refractivity contribution in [3.05, 3.63) is 28.2 Å². The highest BCUT2D eigenvalue weighted by Crippen LogP contribution is 2.27. The summed E-state index contributed by atoms with van der Waals surface area (Å²) in [5, 5.41) is 3.35. The summed E-state index contributed by atoms with van der Waals surface area (Å²) in [5.74, 6) is -3.09. The van der Waals surface area contributed by atoms with Crippen molar-refractivity contribution in [1.82, 2.24) is 4.90 Å². The van der Waals surface area contributed by atoms with E-state index in [1.807, 2.05) is 0 Å². The molecule has 1 aromatic rings. The highest BCUT2D eigenvalue weighted by Gasteiger charge is 2.38. The molecule has 0 saturated carbocycles. The fourth-order valence-corrected chi connectivity index (χ4v) is 2.26. The van der Waals surface area contributed by atoms with E-state index in [2.05, 4.69) is 5.32 Å². The van der Waals surface area contributed by atoms with Gasteiger partial charge in [0.2, 0.25) is 5.91 Å². The molecule has 0 atom stereocenters. The third kappa shape index (κ3) is 4.03. The van der Waals surface area contributed by atoms with Crippen molar-refractivity contribution in [1.29, 1.82) is 0 Å². The van der Waals surface area contributed by atoms with E-state index in [4.69, 9.17) is 23.2 Å². The minimum absolute atomic E-state index is 0.0849. The number of hydrogen-bond donors (Lipinski definition) is 1. The molecular formula is C12H12Cl2F2N2O. The minimum Gasteiger partial charge on any atom is -0.324 e. The van der Waals surface area contributed by atoms with Crippen LogP contribution in [0.15, 0.2) is 18.2 Å². The molecule has 1 fully saturated rings. The Morgan fingerprint density at radius 1 is 1.42 bits per heavy atom. The molecule has 0 unspecified atom stereocenters. The van der Waals surface area contributed by atoms with Gasteiger partial charge in [-0.05, 0) is 18.2 Å². The van der Waals surface area contributed by atoms with Crippen molar-refractivity contribution < 1.29 is 13.6 Å². The fraction of sp³-hybridized carbons (Fsp3) is 0.417. The third-order valence-electron chi connectivity index (χ3n) is 2.82. The first-order valence-electron chi connectivity index (χ1n) is 5.71. The number of rotatable bonds is 3. The highest BCUT2D eigenvalue weighted by molar-refractivity contribution is 6.35. The van der Waals surface area contributed by atoms with Crippen LogP contribution < -0.4 is 5.32 Å². The lowest BCUT2D eigenvalue weighted by Crippen LogP contribution is -2.33. The van der Waals surface area contributed by atoms with E-state index < -0.39 is 5.92 Å². The van der Waals surface area contributed by atoms with Crippen LogP contribution in [0.25, 0.3) is 0 Å². The van der Waals surface area contributed by atoms with Crippen LogP contribution in [0.4, 0.5) is 14.5 Å². The van der Waals surface area contributed by atoms with E-state index in [9.17, 15) is 13.6 Å². The third-order valence-corrected chi connectivity index (χ3v) is 3.38. The van der Waals surface area contributed by atoms with Crippen LogP contribution in [-0.2, 0) is 4.79 Å². The molecule has 0 spiro atoms. The van der Waals surface area contributed by atoms with E-state index in [0.29, 0.717) is 15.7 Å². The summed E-state index contributed by atoms with van der Waals surface area (Å²) in [7, 11) is 0. The van der Waals surface area contributed by atoms with Crippen LogP contribution in [0.1, 0.15) is 6.42 Å². The molecule has 1 N–H and O–H groups in total. The van der Waals surface area contributed by atoms with Gasteiger partial charge in [-0.2, -0.15) is 0 Å². The molecule has 1 aliphatic heterocycles. The van der Waals surface area contributed by atoms with Gasteiger partial charge in [0.1, 0.15) is 0 Å². The smallest absolute Gasteiger partial charge is 0.261 e. The number of nitrogens with zero attached hydrogens (tertiary/aromatic N) is 1. The van der Waals surface area contributed by atoms with Gasteiger partial charge in [0.15, 0.2) is 0 Å². The number of halogens is 4. The van der Waals surface area contributed by atoms with Crippen molar-refractivity contribution in [3.63, 3.8) is 0 Å². The maximum Gasteiger partial charge on any atom is 0.261 e. The van der Waals surface area contributed by atoms with Crippen molar-refractivity contribution >= 4 is 34.8 Å². The molecule has 1 saturated heterocycles. The topological polar surface area (TPSA) is 32.3 Å². The first kappa shape index (κ1) is 14.5. The first-order chi connectivity index (χ1) is 8.85. The Bertz CT molecular complexity index is 497. The van der Waals surface area contributed by atoms with Crippen LogP contribution in [0.5, 0.6) is 0 Å². The quantitative estimate of drug-likeness (QED) is 0.929. The first-order valence-corrected chi connectivity index (χ1v) is 6.46. The number of hydrogen-bond acceptors (Lipinski definition) is 2. The molecule has 1 amide bonds. The van der Waals surface area contributed by atoms with Crippen LogP contribution in [-0.4, -0.2) is 36.4 Å². The van der Waals surface area contributed by atoms with Gasteiger partial charge in [-0.1, -0.05) is 23.2 Å². The Balaban J connectivity index is 1.93. The van der Waals surface area contributed by atoms with Gasteiger partial charge >= 0.3 is 0 Å². The Morgan fingerprint density at radius 2 is 2.16 bits per heavy atom. The molecule has 0 aliphatic carbocycles. The molecule has 7 heteroatoms. The van der Waals surface area contributed by atoms with Crippen LogP contribution in [0, 0.1) is 0 Å². The molecule has 104 valence electrons. The largest absolute Gasteiger partial charge is 0.324 e. The van der Waals surface area contributed by atoms with Gasteiger partial charge in [0, 0.05) is 18.0 Å². The predicted molar refractivity (Wildman–Crippen MR) is 71.1 cm³/mol. The number of benzene rings is 1. The normalized spacial score (nSPS) is 18.5. The van der Waals surface area contributed by atoms with E-state index >= 15 is 0 Å². The van der Waals surface area contributed by atoms with E-state index in [1.54, 1.807) is 12.1 Å². The summed E-state index contributed by atoms with van der Waals surface area (Å²) in [4.78, 5) is 13.2. The molecular weight excluding hydrogens is 297 g/mol. The molecule has 0 bridgehead atoms. The van der Waals surface area contributed by atoms with Gasteiger partial charge < -0.3 is 5.32 Å². The van der Waals surface area contributed by atoms with Gasteiger partial charge in [-0.3, -0.25) is 9.69 Å². The standard InChI is InChI=1S/C12H12Cl2F2N2O/c13-8-1-2-9(14)10(5-8)17-11(19)6-18-4-3-12(15,16)7-18/h1-2,5H,3-4,6-7H2,(H,17,19). The Labute approximate surface area is 119 Å². The Morgan fingerprint density at radius 3 is 2.79 bits per heavy atom. The van der Waals surface area contributed by atoms with Gasteiger partial charge in [-0.25, -0.2) is 8.78 Å². The zero-order valence-electron chi connectivity index (χ0n) is 9.93. The average molecular weight is 309 g/mol. The molecule has 19 heavy (non-hydrogen) atoms. The van der Waals surface area contributed by atoms with Gasteiger partial charge in [0.05, 0.1) is 23.8 Å². The summed E-state index contributed by atoms with van der Waals surface area (Å²) < 4.78 is 26.0. The fourth-order valence-electron chi connectivity index (χ4n) is 1.93. The average Bonchev–Trinajstić information content (AvgIpc) is 2.63. The second-order valence-electron chi connectivity index (χ2n) is 4.49. The maximum atomic E-state index is 13.0. The second kappa shape index (κ2) is 5.61. The van der Waals surface area contributed by atoms with E-state index in [0.717, 1.165) is 0 Å².